The number of alkyl carbamates (subject to hydrolysis) is 1. The van der Waals surface area contributed by atoms with Gasteiger partial charge in [0.2, 0.25) is 0 Å². The molecule has 1 unspecified atom stereocenters. The smallest absolute Gasteiger partial charge is 0.407 e. The number of rotatable bonds is 6. The lowest BCUT2D eigenvalue weighted by atomic mass is 10.0. The molecule has 0 aliphatic rings. The first-order valence-electron chi connectivity index (χ1n) is 5.83. The Morgan fingerprint density at radius 3 is 2.45 bits per heavy atom. The number of hydrogen-bond acceptors (Lipinski definition) is 5. The molecule has 0 aliphatic heterocycles. The van der Waals surface area contributed by atoms with E-state index in [1.807, 2.05) is 0 Å². The lowest BCUT2D eigenvalue weighted by Gasteiger charge is -2.16. The number of benzene rings is 1. The predicted molar refractivity (Wildman–Crippen MR) is 68.2 cm³/mol. The number of amides is 1. The van der Waals surface area contributed by atoms with E-state index < -0.39 is 23.0 Å². The van der Waals surface area contributed by atoms with E-state index in [0.29, 0.717) is 5.56 Å². The SMILES string of the molecule is CCOC(=O)NC(CC(=O)O)c1ccc([N+](=O)[O-])cc1. The predicted octanol–water partition coefficient (Wildman–Crippen LogP) is 1.86. The van der Waals surface area contributed by atoms with Crippen molar-refractivity contribution in [1.82, 2.24) is 5.32 Å². The van der Waals surface area contributed by atoms with Gasteiger partial charge in [0, 0.05) is 12.1 Å². The van der Waals surface area contributed by atoms with Crippen LogP contribution in [-0.2, 0) is 9.53 Å². The molecule has 20 heavy (non-hydrogen) atoms. The zero-order valence-electron chi connectivity index (χ0n) is 10.7. The largest absolute Gasteiger partial charge is 0.481 e. The molecule has 1 atom stereocenters. The van der Waals surface area contributed by atoms with E-state index in [4.69, 9.17) is 5.11 Å². The first kappa shape index (κ1) is 15.4. The highest BCUT2D eigenvalue weighted by atomic mass is 16.6. The number of hydrogen-bond donors (Lipinski definition) is 2. The van der Waals surface area contributed by atoms with Crippen LogP contribution in [0.15, 0.2) is 24.3 Å². The van der Waals surface area contributed by atoms with Crippen LogP contribution in [0.3, 0.4) is 0 Å². The van der Waals surface area contributed by atoms with Crippen molar-refractivity contribution in [2.45, 2.75) is 19.4 Å². The molecule has 8 heteroatoms. The number of non-ortho nitro benzene ring substituents is 1. The summed E-state index contributed by atoms with van der Waals surface area (Å²) in [6, 6.07) is 4.48. The maximum Gasteiger partial charge on any atom is 0.407 e. The van der Waals surface area contributed by atoms with Gasteiger partial charge < -0.3 is 15.2 Å². The average Bonchev–Trinajstić information content (AvgIpc) is 2.38. The molecule has 0 bridgehead atoms. The number of nitrogens with zero attached hydrogens (tertiary/aromatic N) is 1. The Morgan fingerprint density at radius 1 is 1.40 bits per heavy atom. The second kappa shape index (κ2) is 7.07. The Bertz CT molecular complexity index is 499. The maximum absolute atomic E-state index is 11.3. The summed E-state index contributed by atoms with van der Waals surface area (Å²) in [4.78, 5) is 32.1. The molecule has 108 valence electrons. The molecule has 8 nitrogen and oxygen atoms in total. The van der Waals surface area contributed by atoms with Crippen LogP contribution < -0.4 is 5.32 Å². The molecule has 0 saturated carbocycles. The monoisotopic (exact) mass is 282 g/mol. The van der Waals surface area contributed by atoms with Crippen molar-refractivity contribution in [2.24, 2.45) is 0 Å². The first-order valence-corrected chi connectivity index (χ1v) is 5.83. The van der Waals surface area contributed by atoms with Crippen molar-refractivity contribution >= 4 is 17.7 Å². The summed E-state index contributed by atoms with van der Waals surface area (Å²) >= 11 is 0. The fourth-order valence-electron chi connectivity index (χ4n) is 1.57. The van der Waals surface area contributed by atoms with Gasteiger partial charge in [-0.3, -0.25) is 14.9 Å². The number of nitro benzene ring substituents is 1. The highest BCUT2D eigenvalue weighted by molar-refractivity contribution is 5.72. The molecule has 0 aromatic heterocycles. The molecule has 0 heterocycles. The molecule has 0 spiro atoms. The van der Waals surface area contributed by atoms with Crippen molar-refractivity contribution < 1.29 is 24.4 Å². The van der Waals surface area contributed by atoms with E-state index in [-0.39, 0.29) is 18.7 Å². The van der Waals surface area contributed by atoms with Gasteiger partial charge in [-0.2, -0.15) is 0 Å². The Hall–Kier alpha value is -2.64. The van der Waals surface area contributed by atoms with Crippen molar-refractivity contribution in [3.63, 3.8) is 0 Å². The van der Waals surface area contributed by atoms with Gasteiger partial charge in [0.15, 0.2) is 0 Å². The quantitative estimate of drug-likeness (QED) is 0.607. The van der Waals surface area contributed by atoms with Gasteiger partial charge in [-0.25, -0.2) is 4.79 Å². The molecule has 0 fully saturated rings. The Balaban J connectivity index is 2.89. The fraction of sp³-hybridized carbons (Fsp3) is 0.333. The van der Waals surface area contributed by atoms with Crippen LogP contribution >= 0.6 is 0 Å². The van der Waals surface area contributed by atoms with Crippen molar-refractivity contribution in [1.29, 1.82) is 0 Å². The first-order chi connectivity index (χ1) is 9.43. The molecule has 0 saturated heterocycles. The van der Waals surface area contributed by atoms with Crippen LogP contribution in [0.5, 0.6) is 0 Å². The summed E-state index contributed by atoms with van der Waals surface area (Å²) in [5.74, 6) is -1.11. The fourth-order valence-corrected chi connectivity index (χ4v) is 1.57. The zero-order valence-corrected chi connectivity index (χ0v) is 10.7. The molecule has 1 aromatic carbocycles. The number of aliphatic carboxylic acids is 1. The maximum atomic E-state index is 11.3. The summed E-state index contributed by atoms with van der Waals surface area (Å²) in [6.45, 7) is 1.78. The van der Waals surface area contributed by atoms with Gasteiger partial charge in [-0.15, -0.1) is 0 Å². The van der Waals surface area contributed by atoms with Gasteiger partial charge >= 0.3 is 12.1 Å². The topological polar surface area (TPSA) is 119 Å². The third-order valence-electron chi connectivity index (χ3n) is 2.45. The number of nitro groups is 1. The van der Waals surface area contributed by atoms with Crippen LogP contribution in [0.25, 0.3) is 0 Å². The number of nitrogens with one attached hydrogen (secondary N) is 1. The van der Waals surface area contributed by atoms with Gasteiger partial charge in [-0.1, -0.05) is 12.1 Å². The van der Waals surface area contributed by atoms with Gasteiger partial charge in [0.25, 0.3) is 5.69 Å². The number of carboxylic acids is 1. The van der Waals surface area contributed by atoms with Gasteiger partial charge in [-0.05, 0) is 12.5 Å². The Kier molecular flexibility index (Phi) is 5.45. The van der Waals surface area contributed by atoms with E-state index in [9.17, 15) is 19.7 Å². The minimum atomic E-state index is -1.11. The minimum Gasteiger partial charge on any atom is -0.481 e. The zero-order chi connectivity index (χ0) is 15.1. The van der Waals surface area contributed by atoms with E-state index in [2.05, 4.69) is 10.1 Å². The van der Waals surface area contributed by atoms with Crippen LogP contribution in [-0.4, -0.2) is 28.7 Å². The molecular formula is C12H14N2O6. The normalized spacial score (nSPS) is 11.4. The van der Waals surface area contributed by atoms with Gasteiger partial charge in [0.1, 0.15) is 0 Å². The van der Waals surface area contributed by atoms with E-state index in [1.165, 1.54) is 24.3 Å². The van der Waals surface area contributed by atoms with Crippen molar-refractivity contribution in [2.75, 3.05) is 6.61 Å². The lowest BCUT2D eigenvalue weighted by molar-refractivity contribution is -0.384. The molecule has 0 aliphatic carbocycles. The third kappa shape index (κ3) is 4.56. The summed E-state index contributed by atoms with van der Waals surface area (Å²) in [6.07, 6.45) is -1.09. The average molecular weight is 282 g/mol. The highest BCUT2D eigenvalue weighted by Crippen LogP contribution is 2.20. The molecule has 2 N–H and O–H groups in total. The van der Waals surface area contributed by atoms with Crippen LogP contribution in [0.1, 0.15) is 24.9 Å². The third-order valence-corrected chi connectivity index (χ3v) is 2.45. The second-order valence-electron chi connectivity index (χ2n) is 3.86. The molecule has 1 aromatic rings. The molecule has 0 radical (unpaired) electrons. The van der Waals surface area contributed by atoms with E-state index in [0.717, 1.165) is 0 Å². The summed E-state index contributed by atoms with van der Waals surface area (Å²) in [5, 5.41) is 21.8. The second-order valence-corrected chi connectivity index (χ2v) is 3.86. The minimum absolute atomic E-state index is 0.112. The number of carbonyl (C=O) groups excluding carboxylic acids is 1. The van der Waals surface area contributed by atoms with Gasteiger partial charge in [0.05, 0.1) is 24.0 Å². The van der Waals surface area contributed by atoms with E-state index in [1.54, 1.807) is 6.92 Å². The molecule has 1 rings (SSSR count). The Morgan fingerprint density at radius 2 is 2.00 bits per heavy atom. The van der Waals surface area contributed by atoms with Crippen LogP contribution in [0.4, 0.5) is 10.5 Å². The van der Waals surface area contributed by atoms with E-state index >= 15 is 0 Å². The summed E-state index contributed by atoms with van der Waals surface area (Å²) < 4.78 is 4.69. The summed E-state index contributed by atoms with van der Waals surface area (Å²) in [5.41, 5.74) is 0.338. The Labute approximate surface area is 114 Å². The summed E-state index contributed by atoms with van der Waals surface area (Å²) in [7, 11) is 0. The van der Waals surface area contributed by atoms with Crippen molar-refractivity contribution in [3.8, 4) is 0 Å². The standard InChI is InChI=1S/C12H14N2O6/c1-2-20-12(17)13-10(7-11(15)16)8-3-5-9(6-4-8)14(18)19/h3-6,10H,2,7H2,1H3,(H,13,17)(H,15,16). The number of carboxylic acid groups (broad SMARTS) is 1. The van der Waals surface area contributed by atoms with Crippen LogP contribution in [0, 0.1) is 10.1 Å². The molecule has 1 amide bonds. The van der Waals surface area contributed by atoms with Crippen molar-refractivity contribution in [3.05, 3.63) is 39.9 Å². The molecular weight excluding hydrogens is 268 g/mol. The number of ether oxygens (including phenoxy) is 1. The van der Waals surface area contributed by atoms with Crippen LogP contribution in [0.2, 0.25) is 0 Å². The highest BCUT2D eigenvalue weighted by Gasteiger charge is 2.19. The lowest BCUT2D eigenvalue weighted by Crippen LogP contribution is -2.30. The number of carbonyl (C=O) groups is 2.